The Morgan fingerprint density at radius 1 is 1.46 bits per heavy atom. The molecule has 3 saturated heterocycles. The van der Waals surface area contributed by atoms with Gasteiger partial charge in [-0.2, -0.15) is 0 Å². The smallest absolute Gasteiger partial charge is 0.248 e. The van der Waals surface area contributed by atoms with Crippen LogP contribution in [-0.4, -0.2) is 37.6 Å². The minimum atomic E-state index is 0.0527. The predicted molar refractivity (Wildman–Crippen MR) is 47.8 cm³/mol. The Balaban J connectivity index is 1.96. The molecule has 3 heterocycles. The molecular weight excluding hydrogens is 168 g/mol. The molecule has 74 valence electrons. The van der Waals surface area contributed by atoms with Gasteiger partial charge in [0.1, 0.15) is 0 Å². The molecule has 1 N–H and O–H groups in total. The highest BCUT2D eigenvalue weighted by molar-refractivity contribution is 5.78. The van der Waals surface area contributed by atoms with Gasteiger partial charge in [-0.15, -0.1) is 0 Å². The SMILES string of the molecule is CONC(=O)C1CN2CCC1CC2. The van der Waals surface area contributed by atoms with Crippen LogP contribution in [0.3, 0.4) is 0 Å². The minimum absolute atomic E-state index is 0.0527. The molecule has 4 heteroatoms. The fourth-order valence-electron chi connectivity index (χ4n) is 2.44. The van der Waals surface area contributed by atoms with Crippen molar-refractivity contribution in [2.45, 2.75) is 12.8 Å². The van der Waals surface area contributed by atoms with Gasteiger partial charge in [0, 0.05) is 6.54 Å². The zero-order valence-corrected chi connectivity index (χ0v) is 7.95. The van der Waals surface area contributed by atoms with Crippen molar-refractivity contribution >= 4 is 5.91 Å². The number of fused-ring (bicyclic) bond motifs is 3. The van der Waals surface area contributed by atoms with Crippen LogP contribution in [0.1, 0.15) is 12.8 Å². The fourth-order valence-corrected chi connectivity index (χ4v) is 2.44. The highest BCUT2D eigenvalue weighted by Crippen LogP contribution is 2.32. The van der Waals surface area contributed by atoms with Crippen molar-refractivity contribution in [1.29, 1.82) is 0 Å². The number of hydroxylamine groups is 1. The van der Waals surface area contributed by atoms with Gasteiger partial charge >= 0.3 is 0 Å². The van der Waals surface area contributed by atoms with Crippen molar-refractivity contribution in [3.05, 3.63) is 0 Å². The van der Waals surface area contributed by atoms with E-state index in [0.29, 0.717) is 5.92 Å². The monoisotopic (exact) mass is 184 g/mol. The number of carbonyl (C=O) groups is 1. The lowest BCUT2D eigenvalue weighted by Gasteiger charge is -2.43. The first-order chi connectivity index (χ1) is 6.31. The number of nitrogens with one attached hydrogen (secondary N) is 1. The van der Waals surface area contributed by atoms with Crippen molar-refractivity contribution in [2.24, 2.45) is 11.8 Å². The Morgan fingerprint density at radius 3 is 2.62 bits per heavy atom. The molecule has 13 heavy (non-hydrogen) atoms. The normalized spacial score (nSPS) is 37.5. The van der Waals surface area contributed by atoms with Crippen molar-refractivity contribution in [3.63, 3.8) is 0 Å². The maximum absolute atomic E-state index is 11.5. The first-order valence-electron chi connectivity index (χ1n) is 4.86. The second-order valence-electron chi connectivity index (χ2n) is 3.91. The molecule has 3 rings (SSSR count). The molecule has 0 radical (unpaired) electrons. The molecule has 0 aromatic heterocycles. The summed E-state index contributed by atoms with van der Waals surface area (Å²) in [5.74, 6) is 0.791. The van der Waals surface area contributed by atoms with E-state index in [9.17, 15) is 4.79 Å². The van der Waals surface area contributed by atoms with Crippen LogP contribution in [0.4, 0.5) is 0 Å². The van der Waals surface area contributed by atoms with Gasteiger partial charge in [0.2, 0.25) is 5.91 Å². The van der Waals surface area contributed by atoms with E-state index in [4.69, 9.17) is 0 Å². The lowest BCUT2D eigenvalue weighted by atomic mass is 9.79. The van der Waals surface area contributed by atoms with E-state index in [1.807, 2.05) is 0 Å². The fraction of sp³-hybridized carbons (Fsp3) is 0.889. The summed E-state index contributed by atoms with van der Waals surface area (Å²) in [5, 5.41) is 0. The molecule has 0 aromatic rings. The molecule has 4 nitrogen and oxygen atoms in total. The van der Waals surface area contributed by atoms with Crippen LogP contribution >= 0.6 is 0 Å². The first kappa shape index (κ1) is 8.97. The molecule has 2 bridgehead atoms. The van der Waals surface area contributed by atoms with Crippen molar-refractivity contribution in [1.82, 2.24) is 10.4 Å². The lowest BCUT2D eigenvalue weighted by Crippen LogP contribution is -2.52. The van der Waals surface area contributed by atoms with Crippen LogP contribution in [0.5, 0.6) is 0 Å². The quantitative estimate of drug-likeness (QED) is 0.614. The van der Waals surface area contributed by atoms with Gasteiger partial charge in [-0.3, -0.25) is 9.63 Å². The average Bonchev–Trinajstić information content (AvgIpc) is 2.20. The largest absolute Gasteiger partial charge is 0.303 e. The third-order valence-corrected chi connectivity index (χ3v) is 3.20. The summed E-state index contributed by atoms with van der Waals surface area (Å²) in [4.78, 5) is 18.5. The van der Waals surface area contributed by atoms with Crippen LogP contribution in [0.15, 0.2) is 0 Å². The van der Waals surface area contributed by atoms with Crippen molar-refractivity contribution < 1.29 is 9.63 Å². The van der Waals surface area contributed by atoms with Gasteiger partial charge in [-0.1, -0.05) is 0 Å². The van der Waals surface area contributed by atoms with Gasteiger partial charge in [0.25, 0.3) is 0 Å². The molecule has 3 aliphatic rings. The van der Waals surface area contributed by atoms with Crippen LogP contribution in [0.25, 0.3) is 0 Å². The molecule has 1 unspecified atom stereocenters. The van der Waals surface area contributed by atoms with E-state index < -0.39 is 0 Å². The Morgan fingerprint density at radius 2 is 2.15 bits per heavy atom. The maximum Gasteiger partial charge on any atom is 0.248 e. The third kappa shape index (κ3) is 1.69. The summed E-state index contributed by atoms with van der Waals surface area (Å²) in [6.07, 6.45) is 2.34. The Hall–Kier alpha value is -0.610. The van der Waals surface area contributed by atoms with E-state index in [2.05, 4.69) is 15.2 Å². The predicted octanol–water partition coefficient (Wildman–Crippen LogP) is 0.00580. The molecular formula is C9H16N2O2. The Bertz CT molecular complexity index is 200. The van der Waals surface area contributed by atoms with Gasteiger partial charge in [-0.05, 0) is 31.8 Å². The van der Waals surface area contributed by atoms with Gasteiger partial charge < -0.3 is 4.90 Å². The molecule has 0 aromatic carbocycles. The lowest BCUT2D eigenvalue weighted by molar-refractivity contribution is -0.141. The summed E-state index contributed by atoms with van der Waals surface area (Å²) < 4.78 is 0. The first-order valence-corrected chi connectivity index (χ1v) is 4.86. The van der Waals surface area contributed by atoms with Crippen LogP contribution in [-0.2, 0) is 9.63 Å². The van der Waals surface area contributed by atoms with E-state index >= 15 is 0 Å². The standard InChI is InChI=1S/C9H16N2O2/c1-13-10-9(12)8-6-11-4-2-7(8)3-5-11/h7-8H,2-6H2,1H3,(H,10,12). The number of hydrogen-bond acceptors (Lipinski definition) is 3. The number of rotatable bonds is 2. The summed E-state index contributed by atoms with van der Waals surface area (Å²) in [7, 11) is 1.49. The number of amides is 1. The molecule has 3 aliphatic heterocycles. The second-order valence-corrected chi connectivity index (χ2v) is 3.91. The molecule has 1 atom stereocenters. The zero-order valence-electron chi connectivity index (χ0n) is 7.95. The molecule has 0 saturated carbocycles. The van der Waals surface area contributed by atoms with Crippen LogP contribution in [0.2, 0.25) is 0 Å². The number of nitrogens with zero attached hydrogens (tertiary/aromatic N) is 1. The number of piperidine rings is 3. The summed E-state index contributed by atoms with van der Waals surface area (Å²) in [5.41, 5.74) is 2.43. The third-order valence-electron chi connectivity index (χ3n) is 3.20. The van der Waals surface area contributed by atoms with Gasteiger partial charge in [0.15, 0.2) is 0 Å². The minimum Gasteiger partial charge on any atom is -0.303 e. The topological polar surface area (TPSA) is 41.6 Å². The van der Waals surface area contributed by atoms with E-state index in [-0.39, 0.29) is 11.8 Å². The number of hydrogen-bond donors (Lipinski definition) is 1. The van der Waals surface area contributed by atoms with Crippen molar-refractivity contribution in [2.75, 3.05) is 26.7 Å². The summed E-state index contributed by atoms with van der Waals surface area (Å²) in [6.45, 7) is 3.25. The molecule has 3 fully saturated rings. The Kier molecular flexibility index (Phi) is 2.51. The number of carbonyl (C=O) groups excluding carboxylic acids is 1. The molecule has 1 amide bonds. The zero-order chi connectivity index (χ0) is 9.26. The molecule has 0 aliphatic carbocycles. The van der Waals surface area contributed by atoms with Crippen LogP contribution in [0, 0.1) is 11.8 Å². The highest BCUT2D eigenvalue weighted by atomic mass is 16.6. The van der Waals surface area contributed by atoms with Crippen LogP contribution < -0.4 is 5.48 Å². The maximum atomic E-state index is 11.5. The highest BCUT2D eigenvalue weighted by Gasteiger charge is 2.38. The average molecular weight is 184 g/mol. The second kappa shape index (κ2) is 3.64. The molecule has 0 spiro atoms. The van der Waals surface area contributed by atoms with Gasteiger partial charge in [0.05, 0.1) is 13.0 Å². The van der Waals surface area contributed by atoms with E-state index in [1.54, 1.807) is 0 Å². The Labute approximate surface area is 78.2 Å². The van der Waals surface area contributed by atoms with Gasteiger partial charge in [-0.25, -0.2) is 5.48 Å². The van der Waals surface area contributed by atoms with E-state index in [0.717, 1.165) is 6.54 Å². The van der Waals surface area contributed by atoms with E-state index in [1.165, 1.54) is 33.0 Å². The van der Waals surface area contributed by atoms with Crippen molar-refractivity contribution in [3.8, 4) is 0 Å². The summed E-state index contributed by atoms with van der Waals surface area (Å²) in [6, 6.07) is 0. The summed E-state index contributed by atoms with van der Waals surface area (Å²) >= 11 is 0.